The van der Waals surface area contributed by atoms with Gasteiger partial charge in [-0.3, -0.25) is 4.79 Å². The minimum atomic E-state index is -0.618. The van der Waals surface area contributed by atoms with Crippen molar-refractivity contribution in [3.63, 3.8) is 0 Å². The van der Waals surface area contributed by atoms with Gasteiger partial charge in [-0.2, -0.15) is 0 Å². The van der Waals surface area contributed by atoms with Crippen molar-refractivity contribution in [2.24, 2.45) is 0 Å². The molecular weight excluding hydrogens is 376 g/mol. The average molecular weight is 396 g/mol. The van der Waals surface area contributed by atoms with E-state index in [9.17, 15) is 9.59 Å². The smallest absolute Gasteiger partial charge is 0.355 e. The molecule has 4 aromatic rings. The Morgan fingerprint density at radius 1 is 0.867 bits per heavy atom. The summed E-state index contributed by atoms with van der Waals surface area (Å²) in [6, 6.07) is 25.0. The van der Waals surface area contributed by atoms with Gasteiger partial charge in [-0.25, -0.2) is 9.78 Å². The summed E-state index contributed by atoms with van der Waals surface area (Å²) in [7, 11) is 0. The maximum Gasteiger partial charge on any atom is 0.355 e. The fourth-order valence-electron chi connectivity index (χ4n) is 3.35. The molecule has 0 saturated carbocycles. The number of hydrogen-bond acceptors (Lipinski definition) is 4. The number of pyridine rings is 1. The third-order valence-electron chi connectivity index (χ3n) is 4.67. The van der Waals surface area contributed by atoms with Crippen molar-refractivity contribution < 1.29 is 14.3 Å². The molecule has 0 atom stereocenters. The second kappa shape index (κ2) is 8.57. The van der Waals surface area contributed by atoms with Gasteiger partial charge < -0.3 is 10.1 Å². The van der Waals surface area contributed by atoms with E-state index in [4.69, 9.17) is 9.72 Å². The maximum atomic E-state index is 12.7. The Labute approximate surface area is 174 Å². The van der Waals surface area contributed by atoms with Gasteiger partial charge in [-0.1, -0.05) is 72.8 Å². The number of carbonyl (C=O) groups is 2. The average Bonchev–Trinajstić information content (AvgIpc) is 2.77. The lowest BCUT2D eigenvalue weighted by Crippen LogP contribution is -2.26. The SMILES string of the molecule is CC(=O)NC(=Cc1ccccc1)C(=O)OCc1nc2ccccc2c2ccccc12. The highest BCUT2D eigenvalue weighted by Crippen LogP contribution is 2.26. The van der Waals surface area contributed by atoms with Crippen molar-refractivity contribution >= 4 is 39.6 Å². The zero-order valence-electron chi connectivity index (χ0n) is 16.5. The number of ether oxygens (including phenoxy) is 1. The van der Waals surface area contributed by atoms with Crippen molar-refractivity contribution in [3.8, 4) is 0 Å². The van der Waals surface area contributed by atoms with E-state index < -0.39 is 5.97 Å². The van der Waals surface area contributed by atoms with E-state index in [2.05, 4.69) is 5.32 Å². The standard InChI is InChI=1S/C25H20N2O3/c1-17(28)26-23(15-18-9-3-2-4-10-18)25(29)30-16-24-21-13-6-5-11-19(21)20-12-7-8-14-22(20)27-24/h2-15H,16H2,1H3,(H,26,28). The van der Waals surface area contributed by atoms with E-state index in [1.54, 1.807) is 6.08 Å². The van der Waals surface area contributed by atoms with Crippen LogP contribution in [0.15, 0.2) is 84.6 Å². The molecule has 1 amide bonds. The Balaban J connectivity index is 1.64. The zero-order valence-corrected chi connectivity index (χ0v) is 16.5. The molecule has 5 nitrogen and oxygen atoms in total. The number of esters is 1. The second-order valence-corrected chi connectivity index (χ2v) is 6.85. The van der Waals surface area contributed by atoms with Crippen LogP contribution < -0.4 is 5.32 Å². The number of fused-ring (bicyclic) bond motifs is 3. The van der Waals surface area contributed by atoms with Gasteiger partial charge in [0.05, 0.1) is 11.2 Å². The topological polar surface area (TPSA) is 68.3 Å². The van der Waals surface area contributed by atoms with Crippen LogP contribution in [0, 0.1) is 0 Å². The first-order chi connectivity index (χ1) is 14.6. The van der Waals surface area contributed by atoms with E-state index in [-0.39, 0.29) is 18.2 Å². The van der Waals surface area contributed by atoms with Crippen LogP contribution in [0.1, 0.15) is 18.2 Å². The van der Waals surface area contributed by atoms with E-state index in [0.29, 0.717) is 5.69 Å². The molecule has 0 aliphatic heterocycles. The number of hydrogen-bond donors (Lipinski definition) is 1. The quantitative estimate of drug-likeness (QED) is 0.304. The van der Waals surface area contributed by atoms with Crippen LogP contribution in [0.3, 0.4) is 0 Å². The predicted molar refractivity (Wildman–Crippen MR) is 117 cm³/mol. The van der Waals surface area contributed by atoms with E-state index in [1.165, 1.54) is 6.92 Å². The summed E-state index contributed by atoms with van der Waals surface area (Å²) in [6.07, 6.45) is 1.59. The molecule has 0 radical (unpaired) electrons. The number of aromatic nitrogens is 1. The van der Waals surface area contributed by atoms with Crippen LogP contribution in [-0.4, -0.2) is 16.9 Å². The van der Waals surface area contributed by atoms with Crippen molar-refractivity contribution in [1.29, 1.82) is 0 Å². The number of carbonyl (C=O) groups excluding carboxylic acids is 2. The normalized spacial score (nSPS) is 11.4. The summed E-state index contributed by atoms with van der Waals surface area (Å²) in [4.78, 5) is 29.0. The van der Waals surface area contributed by atoms with Gasteiger partial charge in [-0.05, 0) is 23.1 Å². The van der Waals surface area contributed by atoms with Gasteiger partial charge in [-0.15, -0.1) is 0 Å². The summed E-state index contributed by atoms with van der Waals surface area (Å²) in [5, 5.41) is 5.59. The van der Waals surface area contributed by atoms with Crippen LogP contribution in [0.25, 0.3) is 27.8 Å². The lowest BCUT2D eigenvalue weighted by atomic mass is 10.0. The number of amides is 1. The van der Waals surface area contributed by atoms with Crippen molar-refractivity contribution in [3.05, 3.63) is 95.8 Å². The minimum Gasteiger partial charge on any atom is -0.454 e. The third kappa shape index (κ3) is 4.20. The van der Waals surface area contributed by atoms with Crippen molar-refractivity contribution in [2.45, 2.75) is 13.5 Å². The number of para-hydroxylation sites is 1. The molecule has 1 heterocycles. The molecule has 1 aromatic heterocycles. The highest BCUT2D eigenvalue weighted by molar-refractivity contribution is 6.06. The lowest BCUT2D eigenvalue weighted by molar-refractivity contribution is -0.141. The summed E-state index contributed by atoms with van der Waals surface area (Å²) in [5.41, 5.74) is 2.37. The molecule has 3 aromatic carbocycles. The molecule has 4 rings (SSSR count). The first-order valence-corrected chi connectivity index (χ1v) is 9.59. The second-order valence-electron chi connectivity index (χ2n) is 6.85. The zero-order chi connectivity index (χ0) is 20.9. The largest absolute Gasteiger partial charge is 0.454 e. The minimum absolute atomic E-state index is 0.00407. The third-order valence-corrected chi connectivity index (χ3v) is 4.67. The Kier molecular flexibility index (Phi) is 5.52. The van der Waals surface area contributed by atoms with Crippen LogP contribution >= 0.6 is 0 Å². The molecule has 0 aliphatic rings. The number of rotatable bonds is 5. The fourth-order valence-corrected chi connectivity index (χ4v) is 3.35. The molecule has 0 saturated heterocycles. The summed E-state index contributed by atoms with van der Waals surface area (Å²) in [5.74, 6) is -0.962. The predicted octanol–water partition coefficient (Wildman–Crippen LogP) is 4.61. The fraction of sp³-hybridized carbons (Fsp3) is 0.0800. The molecule has 1 N–H and O–H groups in total. The summed E-state index contributed by atoms with van der Waals surface area (Å²) < 4.78 is 5.54. The molecule has 5 heteroatoms. The Morgan fingerprint density at radius 2 is 1.50 bits per heavy atom. The highest BCUT2D eigenvalue weighted by atomic mass is 16.5. The van der Waals surface area contributed by atoms with Crippen LogP contribution in [0.2, 0.25) is 0 Å². The van der Waals surface area contributed by atoms with Crippen LogP contribution in [-0.2, 0) is 20.9 Å². The Morgan fingerprint density at radius 3 is 2.23 bits per heavy atom. The number of benzene rings is 3. The Bertz CT molecular complexity index is 1260. The number of nitrogens with zero attached hydrogens (tertiary/aromatic N) is 1. The summed E-state index contributed by atoms with van der Waals surface area (Å²) in [6.45, 7) is 1.35. The highest BCUT2D eigenvalue weighted by Gasteiger charge is 2.15. The molecule has 0 spiro atoms. The molecule has 0 bridgehead atoms. The number of nitrogens with one attached hydrogen (secondary N) is 1. The molecule has 0 fully saturated rings. The van der Waals surface area contributed by atoms with E-state index >= 15 is 0 Å². The van der Waals surface area contributed by atoms with Gasteiger partial charge in [0.1, 0.15) is 12.3 Å². The summed E-state index contributed by atoms with van der Waals surface area (Å²) >= 11 is 0. The molecule has 0 aliphatic carbocycles. The monoisotopic (exact) mass is 396 g/mol. The molecule has 0 unspecified atom stereocenters. The maximum absolute atomic E-state index is 12.7. The van der Waals surface area contributed by atoms with Crippen LogP contribution in [0.5, 0.6) is 0 Å². The van der Waals surface area contributed by atoms with Gasteiger partial charge in [0, 0.05) is 17.7 Å². The van der Waals surface area contributed by atoms with E-state index in [0.717, 1.165) is 27.2 Å². The van der Waals surface area contributed by atoms with Gasteiger partial charge in [0.15, 0.2) is 0 Å². The molecular formula is C25H20N2O3. The first-order valence-electron chi connectivity index (χ1n) is 9.59. The van der Waals surface area contributed by atoms with Gasteiger partial charge in [0.2, 0.25) is 5.91 Å². The molecule has 30 heavy (non-hydrogen) atoms. The first kappa shape index (κ1) is 19.3. The van der Waals surface area contributed by atoms with Crippen molar-refractivity contribution in [2.75, 3.05) is 0 Å². The molecule has 148 valence electrons. The van der Waals surface area contributed by atoms with E-state index in [1.807, 2.05) is 78.9 Å². The Hall–Kier alpha value is -3.99. The van der Waals surface area contributed by atoms with Crippen LogP contribution in [0.4, 0.5) is 0 Å². The van der Waals surface area contributed by atoms with Crippen molar-refractivity contribution in [1.82, 2.24) is 10.3 Å². The lowest BCUT2D eigenvalue weighted by Gasteiger charge is -2.12. The van der Waals surface area contributed by atoms with Gasteiger partial charge in [0.25, 0.3) is 0 Å². The van der Waals surface area contributed by atoms with Gasteiger partial charge >= 0.3 is 5.97 Å².